The first-order valence-corrected chi connectivity index (χ1v) is 6.08. The summed E-state index contributed by atoms with van der Waals surface area (Å²) < 4.78 is 1.77. The molecule has 1 aromatic carbocycles. The summed E-state index contributed by atoms with van der Waals surface area (Å²) in [5.41, 5.74) is 8.32. The Bertz CT molecular complexity index is 720. The minimum Gasteiger partial charge on any atom is -0.365 e. The maximum Gasteiger partial charge on any atom is 0.259 e. The number of amides is 1. The van der Waals surface area contributed by atoms with E-state index in [4.69, 9.17) is 11.0 Å². The minimum absolute atomic E-state index is 0.0798. The average molecular weight is 266 g/mol. The number of hydrogen-bond donors (Lipinski definition) is 1. The molecule has 0 fully saturated rings. The van der Waals surface area contributed by atoms with E-state index in [9.17, 15) is 4.79 Å². The smallest absolute Gasteiger partial charge is 0.259 e. The topological polar surface area (TPSA) is 84.7 Å². The highest BCUT2D eigenvalue weighted by molar-refractivity contribution is 6.00. The van der Waals surface area contributed by atoms with E-state index in [1.54, 1.807) is 10.8 Å². The van der Waals surface area contributed by atoms with Gasteiger partial charge < -0.3 is 5.73 Å². The molecule has 1 heterocycles. The van der Waals surface area contributed by atoms with Gasteiger partial charge in [0.05, 0.1) is 11.4 Å². The third-order valence-electron chi connectivity index (χ3n) is 3.02. The van der Waals surface area contributed by atoms with E-state index in [0.717, 1.165) is 22.6 Å². The third kappa shape index (κ3) is 2.45. The lowest BCUT2D eigenvalue weighted by Crippen LogP contribution is -2.12. The number of aryl methyl sites for hydroxylation is 1. The van der Waals surface area contributed by atoms with Crippen molar-refractivity contribution in [3.05, 3.63) is 52.9 Å². The zero-order valence-corrected chi connectivity index (χ0v) is 11.3. The fourth-order valence-corrected chi connectivity index (χ4v) is 1.99. The SMILES string of the molecule is Cc1nn(-c2ccccc2)c(C)c1/C=C(\C#N)C(N)=O. The van der Waals surface area contributed by atoms with E-state index in [1.807, 2.05) is 44.2 Å². The number of nitrogens with zero attached hydrogens (tertiary/aromatic N) is 3. The Morgan fingerprint density at radius 2 is 2.00 bits per heavy atom. The van der Waals surface area contributed by atoms with Gasteiger partial charge >= 0.3 is 0 Å². The molecular weight excluding hydrogens is 252 g/mol. The maximum absolute atomic E-state index is 11.1. The number of nitrogens with two attached hydrogens (primary N) is 1. The zero-order chi connectivity index (χ0) is 14.7. The Morgan fingerprint density at radius 1 is 1.35 bits per heavy atom. The molecule has 2 N–H and O–H groups in total. The Hall–Kier alpha value is -2.87. The summed E-state index contributed by atoms with van der Waals surface area (Å²) in [7, 11) is 0. The molecule has 0 unspecified atom stereocenters. The van der Waals surface area contributed by atoms with E-state index in [-0.39, 0.29) is 5.57 Å². The van der Waals surface area contributed by atoms with Crippen LogP contribution >= 0.6 is 0 Å². The van der Waals surface area contributed by atoms with Crippen molar-refractivity contribution >= 4 is 12.0 Å². The van der Waals surface area contributed by atoms with Crippen LogP contribution in [0.3, 0.4) is 0 Å². The highest BCUT2D eigenvalue weighted by Crippen LogP contribution is 2.20. The summed E-state index contributed by atoms with van der Waals surface area (Å²) in [6.45, 7) is 3.71. The maximum atomic E-state index is 11.1. The molecule has 0 saturated heterocycles. The molecule has 2 rings (SSSR count). The van der Waals surface area contributed by atoms with Gasteiger partial charge in [0, 0.05) is 11.3 Å². The van der Waals surface area contributed by atoms with Crippen molar-refractivity contribution in [2.45, 2.75) is 13.8 Å². The van der Waals surface area contributed by atoms with Crippen LogP contribution in [0.25, 0.3) is 11.8 Å². The van der Waals surface area contributed by atoms with Gasteiger partial charge in [0.1, 0.15) is 11.6 Å². The average Bonchev–Trinajstić information content (AvgIpc) is 2.72. The molecule has 0 saturated carbocycles. The lowest BCUT2D eigenvalue weighted by atomic mass is 10.1. The second kappa shape index (κ2) is 5.41. The van der Waals surface area contributed by atoms with Crippen LogP contribution < -0.4 is 5.73 Å². The van der Waals surface area contributed by atoms with Crippen LogP contribution in [0.2, 0.25) is 0 Å². The number of hydrogen-bond acceptors (Lipinski definition) is 3. The lowest BCUT2D eigenvalue weighted by molar-refractivity contribution is -0.114. The van der Waals surface area contributed by atoms with Gasteiger partial charge in [-0.1, -0.05) is 18.2 Å². The number of carbonyl (C=O) groups excluding carboxylic acids is 1. The van der Waals surface area contributed by atoms with E-state index in [1.165, 1.54) is 6.08 Å². The Morgan fingerprint density at radius 3 is 2.55 bits per heavy atom. The highest BCUT2D eigenvalue weighted by atomic mass is 16.1. The molecule has 1 aromatic heterocycles. The third-order valence-corrected chi connectivity index (χ3v) is 3.02. The summed E-state index contributed by atoms with van der Waals surface area (Å²) >= 11 is 0. The molecule has 0 atom stereocenters. The predicted octanol–water partition coefficient (Wildman–Crippen LogP) is 1.88. The molecular formula is C15H14N4O. The molecule has 20 heavy (non-hydrogen) atoms. The van der Waals surface area contributed by atoms with Gasteiger partial charge in [-0.05, 0) is 32.1 Å². The van der Waals surface area contributed by atoms with Crippen molar-refractivity contribution < 1.29 is 4.79 Å². The first-order chi connectivity index (χ1) is 9.54. The summed E-state index contributed by atoms with van der Waals surface area (Å²) in [4.78, 5) is 11.1. The van der Waals surface area contributed by atoms with E-state index in [0.29, 0.717) is 0 Å². The van der Waals surface area contributed by atoms with Gasteiger partial charge in [-0.2, -0.15) is 10.4 Å². The molecule has 0 spiro atoms. The normalized spacial score (nSPS) is 11.2. The highest BCUT2D eigenvalue weighted by Gasteiger charge is 2.13. The molecule has 0 radical (unpaired) electrons. The number of para-hydroxylation sites is 1. The number of aromatic nitrogens is 2. The molecule has 0 aliphatic rings. The van der Waals surface area contributed by atoms with Gasteiger partial charge in [0.25, 0.3) is 5.91 Å². The molecule has 0 aliphatic heterocycles. The Kier molecular flexibility index (Phi) is 3.67. The van der Waals surface area contributed by atoms with Crippen molar-refractivity contribution in [3.63, 3.8) is 0 Å². The quantitative estimate of drug-likeness (QED) is 0.680. The van der Waals surface area contributed by atoms with Crippen LogP contribution in [-0.4, -0.2) is 15.7 Å². The van der Waals surface area contributed by atoms with Crippen molar-refractivity contribution in [2.24, 2.45) is 5.73 Å². The van der Waals surface area contributed by atoms with E-state index >= 15 is 0 Å². The summed E-state index contributed by atoms with van der Waals surface area (Å²) in [5, 5.41) is 13.4. The van der Waals surface area contributed by atoms with Gasteiger partial charge in [0.15, 0.2) is 0 Å². The molecule has 5 heteroatoms. The molecule has 1 amide bonds. The second-order valence-corrected chi connectivity index (χ2v) is 4.37. The first-order valence-electron chi connectivity index (χ1n) is 6.08. The van der Waals surface area contributed by atoms with E-state index < -0.39 is 5.91 Å². The van der Waals surface area contributed by atoms with Crippen LogP contribution in [0.5, 0.6) is 0 Å². The largest absolute Gasteiger partial charge is 0.365 e. The summed E-state index contributed by atoms with van der Waals surface area (Å²) in [6, 6.07) is 11.4. The van der Waals surface area contributed by atoms with Crippen LogP contribution in [-0.2, 0) is 4.79 Å². The van der Waals surface area contributed by atoms with Gasteiger partial charge in [-0.25, -0.2) is 4.68 Å². The first kappa shape index (κ1) is 13.6. The number of benzene rings is 1. The van der Waals surface area contributed by atoms with Crippen molar-refractivity contribution in [1.29, 1.82) is 5.26 Å². The van der Waals surface area contributed by atoms with Crippen LogP contribution in [0.4, 0.5) is 0 Å². The number of carbonyl (C=O) groups is 1. The minimum atomic E-state index is -0.737. The van der Waals surface area contributed by atoms with Crippen LogP contribution in [0.15, 0.2) is 35.9 Å². The van der Waals surface area contributed by atoms with Crippen molar-refractivity contribution in [1.82, 2.24) is 9.78 Å². The number of primary amides is 1. The van der Waals surface area contributed by atoms with Crippen LogP contribution in [0.1, 0.15) is 17.0 Å². The second-order valence-electron chi connectivity index (χ2n) is 4.37. The summed E-state index contributed by atoms with van der Waals surface area (Å²) in [6.07, 6.45) is 1.49. The molecule has 0 aliphatic carbocycles. The fourth-order valence-electron chi connectivity index (χ4n) is 1.99. The monoisotopic (exact) mass is 266 g/mol. The Balaban J connectivity index is 2.56. The van der Waals surface area contributed by atoms with Crippen molar-refractivity contribution in [2.75, 3.05) is 0 Å². The predicted molar refractivity (Wildman–Crippen MR) is 75.8 cm³/mol. The molecule has 100 valence electrons. The van der Waals surface area contributed by atoms with Crippen molar-refractivity contribution in [3.8, 4) is 11.8 Å². The van der Waals surface area contributed by atoms with Crippen LogP contribution in [0, 0.1) is 25.2 Å². The molecule has 0 bridgehead atoms. The van der Waals surface area contributed by atoms with E-state index in [2.05, 4.69) is 5.10 Å². The summed E-state index contributed by atoms with van der Waals surface area (Å²) in [5.74, 6) is -0.737. The zero-order valence-electron chi connectivity index (χ0n) is 11.3. The molecule has 2 aromatic rings. The van der Waals surface area contributed by atoms with Gasteiger partial charge in [0.2, 0.25) is 0 Å². The van der Waals surface area contributed by atoms with Gasteiger partial charge in [-0.15, -0.1) is 0 Å². The van der Waals surface area contributed by atoms with Gasteiger partial charge in [-0.3, -0.25) is 4.79 Å². The fraction of sp³-hybridized carbons (Fsp3) is 0.133. The lowest BCUT2D eigenvalue weighted by Gasteiger charge is -2.03. The number of nitriles is 1. The molecule has 5 nitrogen and oxygen atoms in total. The Labute approximate surface area is 116 Å². The number of rotatable bonds is 3. The standard InChI is InChI=1S/C15H14N4O/c1-10-14(8-12(9-16)15(17)20)11(2)19(18-10)13-6-4-3-5-7-13/h3-8H,1-2H3,(H2,17,20)/b12-8+.